The van der Waals surface area contributed by atoms with Crippen molar-refractivity contribution in [3.05, 3.63) is 88.1 Å². The fourth-order valence-electron chi connectivity index (χ4n) is 8.07. The van der Waals surface area contributed by atoms with E-state index in [2.05, 4.69) is 20.5 Å². The van der Waals surface area contributed by atoms with Crippen molar-refractivity contribution in [1.29, 1.82) is 0 Å². The zero-order valence-electron chi connectivity index (χ0n) is 30.7. The van der Waals surface area contributed by atoms with Crippen LogP contribution in [0.3, 0.4) is 0 Å². The maximum absolute atomic E-state index is 15.8. The second-order valence-corrected chi connectivity index (χ2v) is 14.6. The first-order valence-electron chi connectivity index (χ1n) is 18.4. The molecule has 1 atom stereocenters. The number of fused-ring (bicyclic) bond motifs is 1. The van der Waals surface area contributed by atoms with E-state index in [4.69, 9.17) is 4.74 Å². The summed E-state index contributed by atoms with van der Waals surface area (Å²) in [6, 6.07) is 9.37. The van der Waals surface area contributed by atoms with E-state index in [-0.39, 0.29) is 41.7 Å². The Bertz CT molecular complexity index is 2140. The number of methoxy groups -OCH3 is 1. The molecule has 4 aromatic rings. The van der Waals surface area contributed by atoms with E-state index in [1.54, 1.807) is 37.6 Å². The fourth-order valence-corrected chi connectivity index (χ4v) is 8.07. The first-order chi connectivity index (χ1) is 26.0. The molecule has 3 fully saturated rings. The third-order valence-electron chi connectivity index (χ3n) is 11.2. The number of hydrogen-bond donors (Lipinski definition) is 2. The Kier molecular flexibility index (Phi) is 10.6. The van der Waals surface area contributed by atoms with Gasteiger partial charge in [0.15, 0.2) is 0 Å². The molecule has 2 aromatic carbocycles. The molecular formula is C40H45F2N7O5. The highest BCUT2D eigenvalue weighted by atomic mass is 19.1. The van der Waals surface area contributed by atoms with E-state index in [1.165, 1.54) is 30.0 Å². The van der Waals surface area contributed by atoms with Gasteiger partial charge in [0.25, 0.3) is 5.56 Å². The number of ether oxygens (including phenoxy) is 1. The summed E-state index contributed by atoms with van der Waals surface area (Å²) in [6.07, 6.45) is 8.19. The van der Waals surface area contributed by atoms with Gasteiger partial charge in [0.05, 0.1) is 12.5 Å². The molecule has 4 amide bonds. The largest absolute Gasteiger partial charge is 0.496 e. The lowest BCUT2D eigenvalue weighted by atomic mass is 9.89. The van der Waals surface area contributed by atoms with Crippen LogP contribution in [0.1, 0.15) is 55.6 Å². The number of nitrogens with one attached hydrogen (secondary N) is 2. The Labute approximate surface area is 312 Å². The average Bonchev–Trinajstić information content (AvgIpc) is 3.18. The van der Waals surface area contributed by atoms with Crippen LogP contribution in [-0.2, 0) is 23.2 Å². The topological polar surface area (TPSA) is 129 Å². The third-order valence-corrected chi connectivity index (χ3v) is 11.2. The maximum Gasteiger partial charge on any atom is 0.319 e. The second kappa shape index (κ2) is 15.5. The zero-order chi connectivity index (χ0) is 38.1. The minimum atomic E-state index is -0.587. The molecule has 1 unspecified atom stereocenters. The second-order valence-electron chi connectivity index (χ2n) is 14.6. The lowest BCUT2D eigenvalue weighted by Gasteiger charge is -2.40. The Morgan fingerprint density at radius 2 is 1.74 bits per heavy atom. The SMILES string of the molecule is COc1cc(-c2cn(C)c(=O)c3cnccc23)cc(F)c1CN1CCC(N(C)C(=O)N2CCC(c3ccc(NC4CCC(=O)NC4=O)cc3F)CC2)CC1. The van der Waals surface area contributed by atoms with Gasteiger partial charge in [0.2, 0.25) is 11.8 Å². The summed E-state index contributed by atoms with van der Waals surface area (Å²) >= 11 is 0. The Morgan fingerprint density at radius 3 is 2.44 bits per heavy atom. The van der Waals surface area contributed by atoms with Crippen molar-refractivity contribution in [3.63, 3.8) is 0 Å². The van der Waals surface area contributed by atoms with Gasteiger partial charge in [0, 0.05) is 94.7 Å². The van der Waals surface area contributed by atoms with Gasteiger partial charge in [-0.2, -0.15) is 0 Å². The van der Waals surface area contributed by atoms with Crippen LogP contribution in [0.5, 0.6) is 5.75 Å². The van der Waals surface area contributed by atoms with Crippen molar-refractivity contribution in [2.75, 3.05) is 45.7 Å². The van der Waals surface area contributed by atoms with Gasteiger partial charge in [-0.3, -0.25) is 29.6 Å². The summed E-state index contributed by atoms with van der Waals surface area (Å²) in [5.74, 6) is -1.06. The van der Waals surface area contributed by atoms with Crippen LogP contribution in [0, 0.1) is 11.6 Å². The van der Waals surface area contributed by atoms with Crippen LogP contribution < -0.4 is 20.9 Å². The summed E-state index contributed by atoms with van der Waals surface area (Å²) in [5, 5.41) is 6.47. The molecule has 0 spiro atoms. The first kappa shape index (κ1) is 37.0. The number of benzene rings is 2. The number of piperidine rings is 3. The van der Waals surface area contributed by atoms with Crippen LogP contribution >= 0.6 is 0 Å². The van der Waals surface area contributed by atoms with E-state index < -0.39 is 17.8 Å². The van der Waals surface area contributed by atoms with Gasteiger partial charge in [-0.25, -0.2) is 13.6 Å². The Balaban J connectivity index is 0.923. The molecule has 284 valence electrons. The van der Waals surface area contributed by atoms with Gasteiger partial charge in [-0.15, -0.1) is 0 Å². The molecule has 3 saturated heterocycles. The number of rotatable bonds is 8. The van der Waals surface area contributed by atoms with Crippen molar-refractivity contribution >= 4 is 34.3 Å². The standard InChI is InChI=1S/C40H45F2N7O5/c1-46-22-31(29-8-13-43-21-30(29)39(46)52)25-18-33(41)32(36(19-25)54-3)23-48-14-11-27(12-15-48)47(2)40(53)49-16-9-24(10-17-49)28-5-4-26(20-34(28)42)44-35-6-7-37(50)45-38(35)51/h4-5,8,13,18-22,24,27,35,44H,6-7,9-12,14-17,23H2,1-3H3,(H,45,50,51). The number of urea groups is 1. The minimum absolute atomic E-state index is 0.0308. The van der Waals surface area contributed by atoms with Gasteiger partial charge >= 0.3 is 6.03 Å². The van der Waals surface area contributed by atoms with Crippen molar-refractivity contribution < 1.29 is 27.9 Å². The van der Waals surface area contributed by atoms with E-state index in [9.17, 15) is 19.2 Å². The van der Waals surface area contributed by atoms with Gasteiger partial charge in [-0.1, -0.05) is 6.07 Å². The van der Waals surface area contributed by atoms with Gasteiger partial charge in [0.1, 0.15) is 23.4 Å². The fraction of sp³-hybridized carbons (Fsp3) is 0.425. The molecule has 14 heteroatoms. The lowest BCUT2D eigenvalue weighted by Crippen LogP contribution is -2.51. The number of nitrogens with zero attached hydrogens (tertiary/aromatic N) is 5. The maximum atomic E-state index is 15.8. The number of likely N-dealkylation sites (tertiary alicyclic amines) is 2. The molecule has 7 rings (SSSR count). The highest BCUT2D eigenvalue weighted by Gasteiger charge is 2.32. The molecule has 3 aliphatic heterocycles. The Hall–Kier alpha value is -5.37. The average molecular weight is 742 g/mol. The highest BCUT2D eigenvalue weighted by molar-refractivity contribution is 6.01. The summed E-state index contributed by atoms with van der Waals surface area (Å²) in [4.78, 5) is 59.7. The van der Waals surface area contributed by atoms with Crippen molar-refractivity contribution in [2.45, 2.75) is 63.1 Å². The Morgan fingerprint density at radius 1 is 0.981 bits per heavy atom. The molecule has 2 N–H and O–H groups in total. The van der Waals surface area contributed by atoms with Crippen LogP contribution in [0.2, 0.25) is 0 Å². The van der Waals surface area contributed by atoms with Gasteiger partial charge in [-0.05, 0) is 84.9 Å². The van der Waals surface area contributed by atoms with Gasteiger partial charge < -0.3 is 24.4 Å². The van der Waals surface area contributed by atoms with E-state index in [0.29, 0.717) is 96.4 Å². The normalized spacial score (nSPS) is 18.8. The summed E-state index contributed by atoms with van der Waals surface area (Å²) in [5.41, 5.74) is 2.67. The van der Waals surface area contributed by atoms with Crippen LogP contribution in [-0.4, -0.2) is 94.5 Å². The third kappa shape index (κ3) is 7.52. The first-order valence-corrected chi connectivity index (χ1v) is 18.4. The van der Waals surface area contributed by atoms with Crippen molar-refractivity contribution in [2.24, 2.45) is 7.05 Å². The predicted octanol–water partition coefficient (Wildman–Crippen LogP) is 5.00. The van der Waals surface area contributed by atoms with Crippen molar-refractivity contribution in [1.82, 2.24) is 29.6 Å². The van der Waals surface area contributed by atoms with E-state index >= 15 is 8.78 Å². The molecule has 54 heavy (non-hydrogen) atoms. The molecule has 12 nitrogen and oxygen atoms in total. The predicted molar refractivity (Wildman–Crippen MR) is 200 cm³/mol. The number of imide groups is 1. The number of amides is 4. The van der Waals surface area contributed by atoms with Crippen LogP contribution in [0.25, 0.3) is 21.9 Å². The smallest absolute Gasteiger partial charge is 0.319 e. The monoisotopic (exact) mass is 741 g/mol. The number of pyridine rings is 2. The molecule has 0 saturated carbocycles. The number of carbonyl (C=O) groups is 3. The number of hydrogen-bond acceptors (Lipinski definition) is 8. The zero-order valence-corrected chi connectivity index (χ0v) is 30.7. The quantitative estimate of drug-likeness (QED) is 0.242. The van der Waals surface area contributed by atoms with E-state index in [1.807, 2.05) is 22.9 Å². The van der Waals surface area contributed by atoms with Crippen LogP contribution in [0.15, 0.2) is 59.8 Å². The summed E-state index contributed by atoms with van der Waals surface area (Å²) < 4.78 is 38.2. The van der Waals surface area contributed by atoms with Crippen LogP contribution in [0.4, 0.5) is 19.3 Å². The number of anilines is 1. The highest BCUT2D eigenvalue weighted by Crippen LogP contribution is 2.35. The van der Waals surface area contributed by atoms with E-state index in [0.717, 1.165) is 12.8 Å². The minimum Gasteiger partial charge on any atom is -0.496 e. The number of aromatic nitrogens is 2. The molecule has 3 aliphatic rings. The number of carbonyl (C=O) groups excluding carboxylic acids is 3. The molecule has 5 heterocycles. The van der Waals surface area contributed by atoms with Crippen molar-refractivity contribution in [3.8, 4) is 16.9 Å². The molecule has 0 radical (unpaired) electrons. The lowest BCUT2D eigenvalue weighted by molar-refractivity contribution is -0.133. The summed E-state index contributed by atoms with van der Waals surface area (Å²) in [6.45, 7) is 2.75. The number of aryl methyl sites for hydroxylation is 1. The molecular weight excluding hydrogens is 696 g/mol. The summed E-state index contributed by atoms with van der Waals surface area (Å²) in [7, 11) is 5.02. The number of halogens is 2. The molecule has 0 aliphatic carbocycles. The molecule has 0 bridgehead atoms. The molecule has 2 aromatic heterocycles.